The van der Waals surface area contributed by atoms with Crippen molar-refractivity contribution in [2.24, 2.45) is 0 Å². The molecule has 0 radical (unpaired) electrons. The summed E-state index contributed by atoms with van der Waals surface area (Å²) in [5, 5.41) is 0. The lowest BCUT2D eigenvalue weighted by atomic mass is 9.97. The molecule has 7 heteroatoms. The second kappa shape index (κ2) is 5.81. The van der Waals surface area contributed by atoms with E-state index in [1.165, 1.54) is 12.1 Å². The molecule has 0 aliphatic carbocycles. The lowest BCUT2D eigenvalue weighted by Crippen LogP contribution is -2.28. The molecule has 1 rings (SSSR count). The second-order valence-corrected chi connectivity index (χ2v) is 5.78. The van der Waals surface area contributed by atoms with Crippen molar-refractivity contribution in [3.63, 3.8) is 0 Å². The maximum absolute atomic E-state index is 12.1. The molecule has 0 amide bonds. The van der Waals surface area contributed by atoms with Gasteiger partial charge in [0.05, 0.1) is 0 Å². The van der Waals surface area contributed by atoms with Crippen molar-refractivity contribution < 1.29 is 25.8 Å². The van der Waals surface area contributed by atoms with Gasteiger partial charge >= 0.3 is 15.6 Å². The van der Waals surface area contributed by atoms with Crippen molar-refractivity contribution >= 4 is 10.1 Å². The normalized spacial score (nSPS) is 14.2. The first-order valence-corrected chi connectivity index (χ1v) is 7.19. The van der Waals surface area contributed by atoms with E-state index >= 15 is 0 Å². The summed E-state index contributed by atoms with van der Waals surface area (Å²) in [4.78, 5) is 0. The van der Waals surface area contributed by atoms with Gasteiger partial charge in [0, 0.05) is 0 Å². The van der Waals surface area contributed by atoms with Crippen molar-refractivity contribution in [2.45, 2.75) is 38.1 Å². The fraction of sp³-hybridized carbons (Fsp3) is 0.500. The lowest BCUT2D eigenvalue weighted by molar-refractivity contribution is -0.0500. The van der Waals surface area contributed by atoms with E-state index in [0.717, 1.165) is 18.4 Å². The predicted molar refractivity (Wildman–Crippen MR) is 65.4 cm³/mol. The second-order valence-electron chi connectivity index (χ2n) is 4.24. The van der Waals surface area contributed by atoms with Crippen molar-refractivity contribution in [1.82, 2.24) is 0 Å². The van der Waals surface area contributed by atoms with E-state index < -0.39 is 15.6 Å². The number of hydrogen-bond donors (Lipinski definition) is 0. The molecule has 0 aromatic heterocycles. The number of hydrogen-bond acceptors (Lipinski definition) is 3. The number of halogens is 3. The molecule has 0 bridgehead atoms. The van der Waals surface area contributed by atoms with Gasteiger partial charge in [-0.3, -0.25) is 0 Å². The highest BCUT2D eigenvalue weighted by molar-refractivity contribution is 7.87. The molecular formula is C12H15F3O3S. The maximum atomic E-state index is 12.1. The van der Waals surface area contributed by atoms with Gasteiger partial charge < -0.3 is 4.18 Å². The summed E-state index contributed by atoms with van der Waals surface area (Å²) in [5.41, 5.74) is -4.49. The maximum Gasteiger partial charge on any atom is 0.534 e. The van der Waals surface area contributed by atoms with Crippen LogP contribution in [0.4, 0.5) is 13.2 Å². The highest BCUT2D eigenvalue weighted by Crippen LogP contribution is 2.28. The summed E-state index contributed by atoms with van der Waals surface area (Å²) in [6.45, 7) is 4.02. The van der Waals surface area contributed by atoms with Gasteiger partial charge in [0.1, 0.15) is 5.75 Å². The van der Waals surface area contributed by atoms with Gasteiger partial charge in [-0.05, 0) is 30.0 Å². The van der Waals surface area contributed by atoms with E-state index in [2.05, 4.69) is 4.18 Å². The molecule has 1 aromatic rings. The fourth-order valence-electron chi connectivity index (χ4n) is 1.63. The zero-order chi connectivity index (χ0) is 14.7. The third kappa shape index (κ3) is 4.12. The predicted octanol–water partition coefficient (Wildman–Crippen LogP) is 3.82. The zero-order valence-corrected chi connectivity index (χ0v) is 11.4. The van der Waals surface area contributed by atoms with Crippen LogP contribution in [0.2, 0.25) is 0 Å². The Morgan fingerprint density at radius 3 is 2.16 bits per heavy atom. The van der Waals surface area contributed by atoms with Crippen LogP contribution in [0.15, 0.2) is 24.3 Å². The molecule has 0 aliphatic heterocycles. The average molecular weight is 296 g/mol. The van der Waals surface area contributed by atoms with Crippen LogP contribution in [0.25, 0.3) is 0 Å². The first-order valence-electron chi connectivity index (χ1n) is 5.78. The van der Waals surface area contributed by atoms with Crippen LogP contribution in [0.1, 0.15) is 38.2 Å². The summed E-state index contributed by atoms with van der Waals surface area (Å²) in [6.07, 6.45) is 1.93. The smallest absolute Gasteiger partial charge is 0.376 e. The van der Waals surface area contributed by atoms with Crippen LogP contribution in [-0.2, 0) is 10.1 Å². The van der Waals surface area contributed by atoms with Gasteiger partial charge in [0.2, 0.25) is 0 Å². The topological polar surface area (TPSA) is 43.4 Å². The molecule has 0 saturated heterocycles. The van der Waals surface area contributed by atoms with Crippen molar-refractivity contribution in [3.8, 4) is 5.75 Å². The van der Waals surface area contributed by atoms with E-state index in [1.807, 2.05) is 13.8 Å². The Bertz CT molecular complexity index is 506. The molecule has 0 aliphatic rings. The first kappa shape index (κ1) is 15.8. The van der Waals surface area contributed by atoms with Crippen LogP contribution in [0.5, 0.6) is 5.75 Å². The van der Waals surface area contributed by atoms with Crippen molar-refractivity contribution in [2.75, 3.05) is 0 Å². The summed E-state index contributed by atoms with van der Waals surface area (Å²) >= 11 is 0. The quantitative estimate of drug-likeness (QED) is 0.613. The van der Waals surface area contributed by atoms with E-state index in [4.69, 9.17) is 0 Å². The van der Waals surface area contributed by atoms with Crippen molar-refractivity contribution in [3.05, 3.63) is 29.8 Å². The Morgan fingerprint density at radius 1 is 1.21 bits per heavy atom. The van der Waals surface area contributed by atoms with Crippen LogP contribution in [0.3, 0.4) is 0 Å². The van der Waals surface area contributed by atoms with Crippen LogP contribution in [-0.4, -0.2) is 13.9 Å². The highest BCUT2D eigenvalue weighted by Gasteiger charge is 2.48. The molecule has 0 saturated carbocycles. The largest absolute Gasteiger partial charge is 0.534 e. The standard InChI is InChI=1S/C12H15F3O3S/c1-3-4-9(2)10-5-7-11(8-6-10)18-19(16,17)12(13,14)15/h5-9H,3-4H2,1-2H3. The van der Waals surface area contributed by atoms with E-state index in [0.29, 0.717) is 0 Å². The molecule has 1 unspecified atom stereocenters. The third-order valence-electron chi connectivity index (χ3n) is 2.66. The minimum absolute atomic E-state index is 0.262. The molecule has 0 spiro atoms. The summed E-state index contributed by atoms with van der Waals surface area (Å²) in [7, 11) is -5.59. The third-order valence-corrected chi connectivity index (χ3v) is 3.64. The molecule has 108 valence electrons. The van der Waals surface area contributed by atoms with Gasteiger partial charge in [0.15, 0.2) is 0 Å². The van der Waals surface area contributed by atoms with Gasteiger partial charge in [-0.15, -0.1) is 0 Å². The van der Waals surface area contributed by atoms with Crippen LogP contribution in [0, 0.1) is 0 Å². The van der Waals surface area contributed by atoms with E-state index in [1.54, 1.807) is 12.1 Å². The Balaban J connectivity index is 2.84. The fourth-order valence-corrected chi connectivity index (χ4v) is 2.08. The molecule has 0 N–H and O–H groups in total. The molecule has 3 nitrogen and oxygen atoms in total. The first-order chi connectivity index (χ1) is 8.67. The Hall–Kier alpha value is -1.24. The summed E-state index contributed by atoms with van der Waals surface area (Å²) in [6, 6.07) is 5.60. The number of rotatable bonds is 5. The molecule has 0 fully saturated rings. The molecule has 0 heterocycles. The Kier molecular flexibility index (Phi) is 4.84. The monoisotopic (exact) mass is 296 g/mol. The molecular weight excluding hydrogens is 281 g/mol. The minimum atomic E-state index is -5.59. The summed E-state index contributed by atoms with van der Waals surface area (Å²) < 4.78 is 61.9. The lowest BCUT2D eigenvalue weighted by Gasteiger charge is -2.12. The Morgan fingerprint density at radius 2 is 1.74 bits per heavy atom. The molecule has 1 atom stereocenters. The van der Waals surface area contributed by atoms with Gasteiger partial charge in [-0.1, -0.05) is 32.4 Å². The highest BCUT2D eigenvalue weighted by atomic mass is 32.2. The van der Waals surface area contributed by atoms with Gasteiger partial charge in [0.25, 0.3) is 0 Å². The SMILES string of the molecule is CCCC(C)c1ccc(OS(=O)(=O)C(F)(F)F)cc1. The average Bonchev–Trinajstić information content (AvgIpc) is 2.28. The molecule has 1 aromatic carbocycles. The van der Waals surface area contributed by atoms with E-state index in [-0.39, 0.29) is 11.7 Å². The Labute approximate surface area is 110 Å². The van der Waals surface area contributed by atoms with Gasteiger partial charge in [-0.25, -0.2) is 0 Å². The number of alkyl halides is 3. The van der Waals surface area contributed by atoms with Crippen LogP contribution >= 0.6 is 0 Å². The summed E-state index contributed by atoms with van der Waals surface area (Å²) in [5.74, 6) is -0.0805. The zero-order valence-electron chi connectivity index (χ0n) is 10.6. The minimum Gasteiger partial charge on any atom is -0.376 e. The van der Waals surface area contributed by atoms with Gasteiger partial charge in [-0.2, -0.15) is 21.6 Å². The van der Waals surface area contributed by atoms with Crippen LogP contribution < -0.4 is 4.18 Å². The van der Waals surface area contributed by atoms with Crippen molar-refractivity contribution in [1.29, 1.82) is 0 Å². The number of benzene rings is 1. The molecule has 19 heavy (non-hydrogen) atoms. The van der Waals surface area contributed by atoms with E-state index in [9.17, 15) is 21.6 Å².